The number of benzene rings is 2. The van der Waals surface area contributed by atoms with E-state index in [0.717, 1.165) is 0 Å². The molecule has 0 fully saturated rings. The molecule has 3 N–H and O–H groups in total. The van der Waals surface area contributed by atoms with Crippen molar-refractivity contribution in [2.75, 3.05) is 11.9 Å². The minimum atomic E-state index is -0.437. The second-order valence-electron chi connectivity index (χ2n) is 5.63. The number of nitrogens with zero attached hydrogens (tertiary/aromatic N) is 1. The van der Waals surface area contributed by atoms with Crippen molar-refractivity contribution in [3.8, 4) is 11.5 Å². The Labute approximate surface area is 169 Å². The van der Waals surface area contributed by atoms with Crippen molar-refractivity contribution >= 4 is 39.6 Å². The molecule has 2 rings (SSSR count). The Bertz CT molecular complexity index is 872. The summed E-state index contributed by atoms with van der Waals surface area (Å²) in [7, 11) is 0. The first-order valence-electron chi connectivity index (χ1n) is 8.41. The first-order valence-corrected chi connectivity index (χ1v) is 9.21. The first-order chi connectivity index (χ1) is 13.4. The molecular formula is C19H19BrFN3O4. The molecule has 2 aromatic carbocycles. The molecule has 9 heteroatoms. The number of phenolic OH excluding ortho intramolecular Hbond substituents is 1. The molecule has 148 valence electrons. The molecule has 0 bridgehead atoms. The Balaban J connectivity index is 1.81. The van der Waals surface area contributed by atoms with Gasteiger partial charge in [0.2, 0.25) is 11.8 Å². The predicted molar refractivity (Wildman–Crippen MR) is 107 cm³/mol. The smallest absolute Gasteiger partial charge is 0.240 e. The highest BCUT2D eigenvalue weighted by Gasteiger charge is 2.09. The van der Waals surface area contributed by atoms with Crippen LogP contribution in [0.5, 0.6) is 11.5 Å². The van der Waals surface area contributed by atoms with Crippen molar-refractivity contribution in [2.24, 2.45) is 5.10 Å². The highest BCUT2D eigenvalue weighted by molar-refractivity contribution is 9.10. The highest BCUT2D eigenvalue weighted by Crippen LogP contribution is 2.35. The number of anilines is 1. The number of carbonyl (C=O) groups excluding carboxylic acids is 2. The van der Waals surface area contributed by atoms with Crippen LogP contribution < -0.4 is 15.5 Å². The van der Waals surface area contributed by atoms with Crippen molar-refractivity contribution in [3.05, 3.63) is 52.3 Å². The summed E-state index contributed by atoms with van der Waals surface area (Å²) in [6.45, 7) is 2.18. The Morgan fingerprint density at radius 3 is 2.57 bits per heavy atom. The van der Waals surface area contributed by atoms with Crippen LogP contribution in [-0.4, -0.2) is 29.7 Å². The van der Waals surface area contributed by atoms with Crippen LogP contribution in [0.25, 0.3) is 0 Å². The number of halogens is 2. The summed E-state index contributed by atoms with van der Waals surface area (Å²) in [5.41, 5.74) is 3.38. The van der Waals surface area contributed by atoms with E-state index in [1.165, 1.54) is 30.5 Å². The molecule has 0 saturated carbocycles. The van der Waals surface area contributed by atoms with Crippen molar-refractivity contribution in [1.82, 2.24) is 5.43 Å². The zero-order valence-corrected chi connectivity index (χ0v) is 16.6. The fourth-order valence-electron chi connectivity index (χ4n) is 2.15. The summed E-state index contributed by atoms with van der Waals surface area (Å²) < 4.78 is 18.6. The molecule has 0 radical (unpaired) electrons. The third kappa shape index (κ3) is 6.66. The van der Waals surface area contributed by atoms with Gasteiger partial charge in [-0.25, -0.2) is 9.82 Å². The topological polar surface area (TPSA) is 100 Å². The van der Waals surface area contributed by atoms with Gasteiger partial charge in [-0.1, -0.05) is 0 Å². The van der Waals surface area contributed by atoms with Crippen molar-refractivity contribution in [3.63, 3.8) is 0 Å². The quantitative estimate of drug-likeness (QED) is 0.421. The van der Waals surface area contributed by atoms with Crippen molar-refractivity contribution < 1.29 is 23.8 Å². The molecule has 0 aliphatic heterocycles. The lowest BCUT2D eigenvalue weighted by molar-refractivity contribution is -0.124. The maximum absolute atomic E-state index is 12.8. The molecule has 0 aliphatic carbocycles. The molecule has 0 atom stereocenters. The lowest BCUT2D eigenvalue weighted by Crippen LogP contribution is -2.20. The van der Waals surface area contributed by atoms with Gasteiger partial charge < -0.3 is 15.2 Å². The number of nitrogens with one attached hydrogen (secondary N) is 2. The zero-order chi connectivity index (χ0) is 20.5. The van der Waals surface area contributed by atoms with E-state index in [0.29, 0.717) is 28.1 Å². The second kappa shape index (κ2) is 10.4. The van der Waals surface area contributed by atoms with Crippen LogP contribution in [0, 0.1) is 5.82 Å². The standard InChI is InChI=1S/C19H19BrFN3O4/c1-2-28-16-10-12(9-15(20)19(16)27)11-22-24-18(26)8-7-17(25)23-14-5-3-13(21)4-6-14/h3-6,9-11,27H,2,7-8H2,1H3,(H,23,25)(H,24,26). The van der Waals surface area contributed by atoms with Crippen LogP contribution in [0.4, 0.5) is 10.1 Å². The maximum Gasteiger partial charge on any atom is 0.240 e. The van der Waals surface area contributed by atoms with Crippen LogP contribution in [-0.2, 0) is 9.59 Å². The Morgan fingerprint density at radius 1 is 1.21 bits per heavy atom. The molecular weight excluding hydrogens is 433 g/mol. The second-order valence-corrected chi connectivity index (χ2v) is 6.49. The van der Waals surface area contributed by atoms with Gasteiger partial charge in [-0.05, 0) is 64.8 Å². The van der Waals surface area contributed by atoms with E-state index in [4.69, 9.17) is 4.74 Å². The van der Waals surface area contributed by atoms with Crippen LogP contribution in [0.3, 0.4) is 0 Å². The number of hydrogen-bond acceptors (Lipinski definition) is 5. The molecule has 2 aromatic rings. The predicted octanol–water partition coefficient (Wildman–Crippen LogP) is 3.56. The Morgan fingerprint density at radius 2 is 1.89 bits per heavy atom. The van der Waals surface area contributed by atoms with Crippen molar-refractivity contribution in [1.29, 1.82) is 0 Å². The number of rotatable bonds is 8. The maximum atomic E-state index is 12.8. The molecule has 0 spiro atoms. The minimum Gasteiger partial charge on any atom is -0.503 e. The molecule has 28 heavy (non-hydrogen) atoms. The number of amides is 2. The van der Waals surface area contributed by atoms with Gasteiger partial charge in [-0.2, -0.15) is 5.10 Å². The number of ether oxygens (including phenoxy) is 1. The van der Waals surface area contributed by atoms with E-state index in [1.54, 1.807) is 19.1 Å². The van der Waals surface area contributed by atoms with Gasteiger partial charge in [0.05, 0.1) is 17.3 Å². The number of phenols is 1. The van der Waals surface area contributed by atoms with Crippen LogP contribution in [0.1, 0.15) is 25.3 Å². The summed E-state index contributed by atoms with van der Waals surface area (Å²) in [6.07, 6.45) is 1.29. The summed E-state index contributed by atoms with van der Waals surface area (Å²) in [5, 5.41) is 16.3. The Hall–Kier alpha value is -2.94. The average Bonchev–Trinajstić information content (AvgIpc) is 2.66. The molecule has 0 unspecified atom stereocenters. The lowest BCUT2D eigenvalue weighted by atomic mass is 10.2. The molecule has 2 amide bonds. The van der Waals surface area contributed by atoms with Crippen LogP contribution in [0.15, 0.2) is 46.0 Å². The number of hydrazone groups is 1. The van der Waals surface area contributed by atoms with E-state index < -0.39 is 11.7 Å². The molecule has 0 heterocycles. The summed E-state index contributed by atoms with van der Waals surface area (Å²) in [5.74, 6) is -0.926. The van der Waals surface area contributed by atoms with Crippen LogP contribution >= 0.6 is 15.9 Å². The van der Waals surface area contributed by atoms with Crippen molar-refractivity contribution in [2.45, 2.75) is 19.8 Å². The largest absolute Gasteiger partial charge is 0.503 e. The third-order valence-corrected chi connectivity index (χ3v) is 4.07. The van der Waals surface area contributed by atoms with Gasteiger partial charge in [0.25, 0.3) is 0 Å². The number of hydrogen-bond donors (Lipinski definition) is 3. The minimum absolute atomic E-state index is 0.0183. The van der Waals surface area contributed by atoms with E-state index in [1.807, 2.05) is 0 Å². The number of aromatic hydroxyl groups is 1. The van der Waals surface area contributed by atoms with Gasteiger partial charge in [-0.15, -0.1) is 0 Å². The van der Waals surface area contributed by atoms with E-state index >= 15 is 0 Å². The van der Waals surface area contributed by atoms with E-state index in [2.05, 4.69) is 31.8 Å². The SMILES string of the molecule is CCOc1cc(C=NNC(=O)CCC(=O)Nc2ccc(F)cc2)cc(Br)c1O. The lowest BCUT2D eigenvalue weighted by Gasteiger charge is -2.08. The van der Waals surface area contributed by atoms with Gasteiger partial charge in [0.1, 0.15) is 5.82 Å². The normalized spacial score (nSPS) is 10.7. The van der Waals surface area contributed by atoms with Crippen LogP contribution in [0.2, 0.25) is 0 Å². The molecule has 7 nitrogen and oxygen atoms in total. The van der Waals surface area contributed by atoms with Gasteiger partial charge >= 0.3 is 0 Å². The summed E-state index contributed by atoms with van der Waals surface area (Å²) in [4.78, 5) is 23.6. The summed E-state index contributed by atoms with van der Waals surface area (Å²) >= 11 is 3.22. The third-order valence-electron chi connectivity index (χ3n) is 3.46. The Kier molecular flexibility index (Phi) is 7.94. The fourth-order valence-corrected chi connectivity index (χ4v) is 2.61. The first kappa shape index (κ1) is 21.4. The molecule has 0 saturated heterocycles. The van der Waals surface area contributed by atoms with E-state index in [-0.39, 0.29) is 24.5 Å². The monoisotopic (exact) mass is 451 g/mol. The number of carbonyl (C=O) groups is 2. The average molecular weight is 452 g/mol. The van der Waals surface area contributed by atoms with Gasteiger partial charge in [-0.3, -0.25) is 9.59 Å². The highest BCUT2D eigenvalue weighted by atomic mass is 79.9. The summed E-state index contributed by atoms with van der Waals surface area (Å²) in [6, 6.07) is 8.53. The molecule has 0 aromatic heterocycles. The van der Waals surface area contributed by atoms with Gasteiger partial charge in [0.15, 0.2) is 11.5 Å². The fraction of sp³-hybridized carbons (Fsp3) is 0.211. The van der Waals surface area contributed by atoms with E-state index in [9.17, 15) is 19.1 Å². The molecule has 0 aliphatic rings. The zero-order valence-electron chi connectivity index (χ0n) is 15.0. The van der Waals surface area contributed by atoms with Gasteiger partial charge in [0, 0.05) is 18.5 Å².